The number of hydrogen-bond donors (Lipinski definition) is 2. The van der Waals surface area contributed by atoms with Gasteiger partial charge in [0.15, 0.2) is 0 Å². The maximum atomic E-state index is 13.8. The van der Waals surface area contributed by atoms with Gasteiger partial charge in [-0.05, 0) is 53.6 Å². The molecule has 0 bridgehead atoms. The second-order valence-electron chi connectivity index (χ2n) is 5.31. The van der Waals surface area contributed by atoms with Crippen molar-refractivity contribution >= 4 is 17.3 Å². The standard InChI is InChI=1S/C19H15ClFNO2/c1-24-18-7-4-13(21)10-16(18)19-15(8-12(20)9-17(19)22)11-2-5-14(23)6-3-11/h2-10,23H,22H2,1H3. The number of ether oxygens (including phenoxy) is 1. The number of halogens is 2. The Kier molecular flexibility index (Phi) is 4.32. The zero-order valence-corrected chi connectivity index (χ0v) is 13.6. The van der Waals surface area contributed by atoms with Crippen molar-refractivity contribution in [3.8, 4) is 33.8 Å². The van der Waals surface area contributed by atoms with Crippen molar-refractivity contribution in [2.24, 2.45) is 0 Å². The predicted molar refractivity (Wildman–Crippen MR) is 94.9 cm³/mol. The van der Waals surface area contributed by atoms with Crippen molar-refractivity contribution in [1.29, 1.82) is 0 Å². The predicted octanol–water partition coefficient (Wildman–Crippen LogP) is 5.11. The Balaban J connectivity index is 2.32. The smallest absolute Gasteiger partial charge is 0.126 e. The Morgan fingerprint density at radius 1 is 1.00 bits per heavy atom. The molecular weight excluding hydrogens is 329 g/mol. The van der Waals surface area contributed by atoms with E-state index in [0.29, 0.717) is 27.6 Å². The fourth-order valence-corrected chi connectivity index (χ4v) is 2.90. The van der Waals surface area contributed by atoms with Gasteiger partial charge in [0, 0.05) is 21.8 Å². The van der Waals surface area contributed by atoms with Gasteiger partial charge in [0.2, 0.25) is 0 Å². The van der Waals surface area contributed by atoms with Gasteiger partial charge in [-0.2, -0.15) is 0 Å². The summed E-state index contributed by atoms with van der Waals surface area (Å²) in [7, 11) is 1.52. The van der Waals surface area contributed by atoms with Crippen LogP contribution >= 0.6 is 11.6 Å². The van der Waals surface area contributed by atoms with Crippen LogP contribution in [0.2, 0.25) is 5.02 Å². The number of aromatic hydroxyl groups is 1. The van der Waals surface area contributed by atoms with Crippen molar-refractivity contribution in [3.63, 3.8) is 0 Å². The van der Waals surface area contributed by atoms with Crippen LogP contribution in [0.4, 0.5) is 10.1 Å². The average Bonchev–Trinajstić information content (AvgIpc) is 2.55. The summed E-state index contributed by atoms with van der Waals surface area (Å²) >= 11 is 6.16. The third kappa shape index (κ3) is 3.01. The minimum Gasteiger partial charge on any atom is -0.508 e. The highest BCUT2D eigenvalue weighted by atomic mass is 35.5. The van der Waals surface area contributed by atoms with E-state index in [4.69, 9.17) is 22.1 Å². The molecule has 3 aromatic carbocycles. The lowest BCUT2D eigenvalue weighted by Gasteiger charge is -2.17. The SMILES string of the molecule is COc1ccc(F)cc1-c1c(N)cc(Cl)cc1-c1ccc(O)cc1. The molecule has 0 unspecified atom stereocenters. The molecule has 0 amide bonds. The Bertz CT molecular complexity index is 895. The van der Waals surface area contributed by atoms with Crippen LogP contribution in [0.5, 0.6) is 11.5 Å². The van der Waals surface area contributed by atoms with Crippen LogP contribution in [-0.4, -0.2) is 12.2 Å². The Labute approximate surface area is 144 Å². The number of benzene rings is 3. The van der Waals surface area contributed by atoms with E-state index >= 15 is 0 Å². The maximum Gasteiger partial charge on any atom is 0.126 e. The minimum absolute atomic E-state index is 0.152. The molecule has 24 heavy (non-hydrogen) atoms. The van der Waals surface area contributed by atoms with Crippen molar-refractivity contribution in [1.82, 2.24) is 0 Å². The second kappa shape index (κ2) is 6.42. The number of nitrogen functional groups attached to an aromatic ring is 1. The normalized spacial score (nSPS) is 10.6. The number of phenolic OH excluding ortho intramolecular Hbond substituents is 1. The van der Waals surface area contributed by atoms with Gasteiger partial charge in [-0.25, -0.2) is 4.39 Å². The maximum absolute atomic E-state index is 13.8. The van der Waals surface area contributed by atoms with Crippen LogP contribution < -0.4 is 10.5 Å². The van der Waals surface area contributed by atoms with Gasteiger partial charge in [0.05, 0.1) is 7.11 Å². The first kappa shape index (κ1) is 16.1. The van der Waals surface area contributed by atoms with Gasteiger partial charge in [-0.1, -0.05) is 23.7 Å². The lowest BCUT2D eigenvalue weighted by Crippen LogP contribution is -1.97. The molecule has 0 aliphatic rings. The quantitative estimate of drug-likeness (QED) is 0.650. The number of nitrogens with two attached hydrogens (primary N) is 1. The number of phenols is 1. The average molecular weight is 344 g/mol. The van der Waals surface area contributed by atoms with Crippen LogP contribution in [0.1, 0.15) is 0 Å². The number of hydrogen-bond acceptors (Lipinski definition) is 3. The van der Waals surface area contributed by atoms with E-state index in [-0.39, 0.29) is 5.75 Å². The first-order chi connectivity index (χ1) is 11.5. The molecule has 0 aliphatic carbocycles. The molecule has 3 aromatic rings. The van der Waals surface area contributed by atoms with Crippen LogP contribution in [0.3, 0.4) is 0 Å². The topological polar surface area (TPSA) is 55.5 Å². The van der Waals surface area contributed by atoms with Gasteiger partial charge in [-0.15, -0.1) is 0 Å². The molecule has 5 heteroatoms. The molecule has 0 saturated carbocycles. The van der Waals surface area contributed by atoms with Crippen molar-refractivity contribution in [2.75, 3.05) is 12.8 Å². The third-order valence-electron chi connectivity index (χ3n) is 3.74. The highest BCUT2D eigenvalue weighted by Gasteiger charge is 2.17. The van der Waals surface area contributed by atoms with E-state index in [0.717, 1.165) is 11.1 Å². The molecule has 0 atom stereocenters. The van der Waals surface area contributed by atoms with E-state index < -0.39 is 5.82 Å². The van der Waals surface area contributed by atoms with Crippen LogP contribution in [0.15, 0.2) is 54.6 Å². The Hall–Kier alpha value is -2.72. The summed E-state index contributed by atoms with van der Waals surface area (Å²) in [5, 5.41) is 9.96. The highest BCUT2D eigenvalue weighted by molar-refractivity contribution is 6.31. The van der Waals surface area contributed by atoms with E-state index in [9.17, 15) is 9.50 Å². The Morgan fingerprint density at radius 2 is 1.71 bits per heavy atom. The van der Waals surface area contributed by atoms with Crippen LogP contribution in [0.25, 0.3) is 22.3 Å². The number of methoxy groups -OCH3 is 1. The summed E-state index contributed by atoms with van der Waals surface area (Å²) in [4.78, 5) is 0. The molecule has 0 aromatic heterocycles. The zero-order valence-electron chi connectivity index (χ0n) is 12.9. The minimum atomic E-state index is -0.392. The fraction of sp³-hybridized carbons (Fsp3) is 0.0526. The number of rotatable bonds is 3. The van der Waals surface area contributed by atoms with Crippen molar-refractivity contribution < 1.29 is 14.2 Å². The molecule has 0 aliphatic heterocycles. The van der Waals surface area contributed by atoms with Crippen molar-refractivity contribution in [2.45, 2.75) is 0 Å². The largest absolute Gasteiger partial charge is 0.508 e. The van der Waals surface area contributed by atoms with E-state index in [1.54, 1.807) is 42.5 Å². The molecular formula is C19H15ClFNO2. The summed E-state index contributed by atoms with van der Waals surface area (Å²) in [6.45, 7) is 0. The van der Waals surface area contributed by atoms with Gasteiger partial charge in [-0.3, -0.25) is 0 Å². The van der Waals surface area contributed by atoms with Gasteiger partial charge in [0.25, 0.3) is 0 Å². The molecule has 3 nitrogen and oxygen atoms in total. The zero-order chi connectivity index (χ0) is 17.3. The van der Waals surface area contributed by atoms with E-state index in [1.165, 1.54) is 19.2 Å². The summed E-state index contributed by atoms with van der Waals surface area (Å²) in [5.41, 5.74) is 9.28. The van der Waals surface area contributed by atoms with Crippen LogP contribution in [0, 0.1) is 5.82 Å². The summed E-state index contributed by atoms with van der Waals surface area (Å²) in [5.74, 6) is 0.265. The van der Waals surface area contributed by atoms with Gasteiger partial charge >= 0.3 is 0 Å². The summed E-state index contributed by atoms with van der Waals surface area (Å²) in [6, 6.07) is 14.3. The molecule has 3 rings (SSSR count). The number of anilines is 1. The first-order valence-corrected chi connectivity index (χ1v) is 7.59. The lowest BCUT2D eigenvalue weighted by atomic mass is 9.92. The highest BCUT2D eigenvalue weighted by Crippen LogP contribution is 2.43. The van der Waals surface area contributed by atoms with E-state index in [2.05, 4.69) is 0 Å². The lowest BCUT2D eigenvalue weighted by molar-refractivity contribution is 0.415. The molecule has 122 valence electrons. The molecule has 0 heterocycles. The molecule has 0 fully saturated rings. The second-order valence-corrected chi connectivity index (χ2v) is 5.75. The Morgan fingerprint density at radius 3 is 2.38 bits per heavy atom. The van der Waals surface area contributed by atoms with Crippen molar-refractivity contribution in [3.05, 3.63) is 65.4 Å². The monoisotopic (exact) mass is 343 g/mol. The fourth-order valence-electron chi connectivity index (χ4n) is 2.67. The molecule has 3 N–H and O–H groups in total. The van der Waals surface area contributed by atoms with Gasteiger partial charge in [0.1, 0.15) is 17.3 Å². The molecule has 0 spiro atoms. The summed E-state index contributed by atoms with van der Waals surface area (Å²) < 4.78 is 19.2. The van der Waals surface area contributed by atoms with Gasteiger partial charge < -0.3 is 15.6 Å². The van der Waals surface area contributed by atoms with E-state index in [1.807, 2.05) is 0 Å². The third-order valence-corrected chi connectivity index (χ3v) is 3.96. The molecule has 0 saturated heterocycles. The first-order valence-electron chi connectivity index (χ1n) is 7.22. The summed E-state index contributed by atoms with van der Waals surface area (Å²) in [6.07, 6.45) is 0. The van der Waals surface area contributed by atoms with Crippen LogP contribution in [-0.2, 0) is 0 Å². The molecule has 0 radical (unpaired) electrons.